The summed E-state index contributed by atoms with van der Waals surface area (Å²) in [7, 11) is 1.93. The summed E-state index contributed by atoms with van der Waals surface area (Å²) >= 11 is 12.4. The van der Waals surface area contributed by atoms with Gasteiger partial charge in [-0.2, -0.15) is 5.10 Å². The molecule has 1 heterocycles. The highest BCUT2D eigenvalue weighted by Crippen LogP contribution is 2.30. The molecule has 0 spiro atoms. The van der Waals surface area contributed by atoms with Gasteiger partial charge in [-0.15, -0.1) is 11.6 Å². The van der Waals surface area contributed by atoms with Crippen molar-refractivity contribution in [1.82, 2.24) is 15.1 Å². The monoisotopic (exact) mass is 289 g/mol. The van der Waals surface area contributed by atoms with E-state index < -0.39 is 0 Å². The average Bonchev–Trinajstić information content (AvgIpc) is 2.62. The second kappa shape index (κ2) is 5.81. The number of nitrogens with one attached hydrogen (secondary N) is 1. The Hall–Kier alpha value is -0.250. The highest BCUT2D eigenvalue weighted by Gasteiger charge is 2.31. The van der Waals surface area contributed by atoms with Crippen LogP contribution < -0.4 is 5.32 Å². The van der Waals surface area contributed by atoms with Crippen molar-refractivity contribution in [2.75, 3.05) is 5.88 Å². The Morgan fingerprint density at radius 3 is 2.50 bits per heavy atom. The third-order valence-electron chi connectivity index (χ3n) is 3.96. The van der Waals surface area contributed by atoms with Crippen molar-refractivity contribution in [3.63, 3.8) is 0 Å². The van der Waals surface area contributed by atoms with Gasteiger partial charge in [-0.1, -0.05) is 30.9 Å². The van der Waals surface area contributed by atoms with E-state index in [-0.39, 0.29) is 5.54 Å². The Morgan fingerprint density at radius 1 is 1.33 bits per heavy atom. The first-order valence-electron chi connectivity index (χ1n) is 6.57. The van der Waals surface area contributed by atoms with Crippen molar-refractivity contribution in [3.8, 4) is 0 Å². The number of aromatic nitrogens is 2. The largest absolute Gasteiger partial charge is 0.304 e. The van der Waals surface area contributed by atoms with Crippen LogP contribution in [0.15, 0.2) is 0 Å². The summed E-state index contributed by atoms with van der Waals surface area (Å²) < 4.78 is 1.86. The molecule has 1 aliphatic rings. The van der Waals surface area contributed by atoms with E-state index in [2.05, 4.69) is 10.4 Å². The number of hydrogen-bond donors (Lipinski definition) is 1. The van der Waals surface area contributed by atoms with Crippen molar-refractivity contribution in [2.24, 2.45) is 7.05 Å². The van der Waals surface area contributed by atoms with E-state index in [0.717, 1.165) is 35.8 Å². The molecule has 0 aromatic carbocycles. The SMILES string of the molecule is Cc1nn(C)c(CNC2(CCl)CCCCC2)c1Cl. The zero-order chi connectivity index (χ0) is 13.2. The fourth-order valence-corrected chi connectivity index (χ4v) is 3.32. The topological polar surface area (TPSA) is 29.9 Å². The fourth-order valence-electron chi connectivity index (χ4n) is 2.73. The van der Waals surface area contributed by atoms with Crippen molar-refractivity contribution in [2.45, 2.75) is 51.1 Å². The minimum atomic E-state index is 0.0846. The zero-order valence-corrected chi connectivity index (χ0v) is 12.6. The Bertz CT molecular complexity index is 409. The number of aryl methyl sites for hydroxylation is 2. The molecule has 18 heavy (non-hydrogen) atoms. The maximum Gasteiger partial charge on any atom is 0.0860 e. The molecular formula is C13H21Cl2N3. The van der Waals surface area contributed by atoms with Crippen LogP contribution in [0.2, 0.25) is 5.02 Å². The van der Waals surface area contributed by atoms with Crippen LogP contribution in [0, 0.1) is 6.92 Å². The van der Waals surface area contributed by atoms with Crippen molar-refractivity contribution >= 4 is 23.2 Å². The molecule has 3 nitrogen and oxygen atoms in total. The molecule has 0 bridgehead atoms. The van der Waals surface area contributed by atoms with Crippen molar-refractivity contribution in [3.05, 3.63) is 16.4 Å². The number of nitrogens with zero attached hydrogens (tertiary/aromatic N) is 2. The van der Waals surface area contributed by atoms with E-state index >= 15 is 0 Å². The molecule has 1 saturated carbocycles. The summed E-state index contributed by atoms with van der Waals surface area (Å²) in [4.78, 5) is 0. The molecule has 2 rings (SSSR count). The van der Waals surface area contributed by atoms with Crippen LogP contribution in [-0.4, -0.2) is 21.2 Å². The predicted molar refractivity (Wildman–Crippen MR) is 76.3 cm³/mol. The van der Waals surface area contributed by atoms with E-state index in [0.29, 0.717) is 5.88 Å². The van der Waals surface area contributed by atoms with Crippen LogP contribution in [0.3, 0.4) is 0 Å². The summed E-state index contributed by atoms with van der Waals surface area (Å²) in [6.07, 6.45) is 6.16. The lowest BCUT2D eigenvalue weighted by atomic mass is 9.83. The molecule has 102 valence electrons. The quantitative estimate of drug-likeness (QED) is 0.861. The Balaban J connectivity index is 2.05. The van der Waals surface area contributed by atoms with Gasteiger partial charge in [-0.05, 0) is 19.8 Å². The molecule has 0 unspecified atom stereocenters. The number of hydrogen-bond acceptors (Lipinski definition) is 2. The molecule has 0 amide bonds. The maximum atomic E-state index is 6.26. The summed E-state index contributed by atoms with van der Waals surface area (Å²) in [5.41, 5.74) is 2.02. The van der Waals surface area contributed by atoms with Gasteiger partial charge in [0.15, 0.2) is 0 Å². The van der Waals surface area contributed by atoms with E-state index in [1.165, 1.54) is 19.3 Å². The minimum absolute atomic E-state index is 0.0846. The van der Waals surface area contributed by atoms with Crippen LogP contribution in [0.4, 0.5) is 0 Å². The second-order valence-corrected chi connectivity index (χ2v) is 5.94. The average molecular weight is 290 g/mol. The van der Waals surface area contributed by atoms with Gasteiger partial charge in [0.2, 0.25) is 0 Å². The summed E-state index contributed by atoms with van der Waals surface area (Å²) in [6.45, 7) is 2.67. The molecule has 0 saturated heterocycles. The molecule has 0 aliphatic heterocycles. The van der Waals surface area contributed by atoms with Crippen LogP contribution in [0.5, 0.6) is 0 Å². The third kappa shape index (κ3) is 2.84. The second-order valence-electron chi connectivity index (χ2n) is 5.30. The number of rotatable bonds is 4. The third-order valence-corrected chi connectivity index (χ3v) is 4.96. The Morgan fingerprint density at radius 2 is 2.00 bits per heavy atom. The molecule has 0 radical (unpaired) electrons. The zero-order valence-electron chi connectivity index (χ0n) is 11.1. The highest BCUT2D eigenvalue weighted by molar-refractivity contribution is 6.31. The minimum Gasteiger partial charge on any atom is -0.304 e. The summed E-state index contributed by atoms with van der Waals surface area (Å²) in [5.74, 6) is 0.668. The smallest absolute Gasteiger partial charge is 0.0860 e. The van der Waals surface area contributed by atoms with Gasteiger partial charge in [-0.3, -0.25) is 4.68 Å². The molecular weight excluding hydrogens is 269 g/mol. The lowest BCUT2D eigenvalue weighted by molar-refractivity contribution is 0.254. The summed E-state index contributed by atoms with van der Waals surface area (Å²) in [6, 6.07) is 0. The molecule has 1 aliphatic carbocycles. The van der Waals surface area contributed by atoms with Crippen molar-refractivity contribution < 1.29 is 0 Å². The standard InChI is InChI=1S/C13H21Cl2N3/c1-10-12(15)11(18(2)17-10)8-16-13(9-14)6-4-3-5-7-13/h16H,3-9H2,1-2H3. The van der Waals surface area contributed by atoms with E-state index in [1.807, 2.05) is 18.7 Å². The predicted octanol–water partition coefficient (Wildman–Crippen LogP) is 3.41. The Labute approximate surface area is 119 Å². The lowest BCUT2D eigenvalue weighted by Gasteiger charge is -2.36. The summed E-state index contributed by atoms with van der Waals surface area (Å²) in [5, 5.41) is 8.72. The lowest BCUT2D eigenvalue weighted by Crippen LogP contribution is -2.48. The normalized spacial score (nSPS) is 19.1. The van der Waals surface area contributed by atoms with Crippen LogP contribution in [-0.2, 0) is 13.6 Å². The van der Waals surface area contributed by atoms with E-state index in [4.69, 9.17) is 23.2 Å². The van der Waals surface area contributed by atoms with Gasteiger partial charge in [0.05, 0.1) is 16.4 Å². The van der Waals surface area contributed by atoms with Crippen molar-refractivity contribution in [1.29, 1.82) is 0 Å². The van der Waals surface area contributed by atoms with E-state index in [1.54, 1.807) is 0 Å². The number of alkyl halides is 1. The van der Waals surface area contributed by atoms with Gasteiger partial charge in [-0.25, -0.2) is 0 Å². The van der Waals surface area contributed by atoms with Crippen LogP contribution in [0.25, 0.3) is 0 Å². The first-order valence-corrected chi connectivity index (χ1v) is 7.48. The molecule has 1 aromatic heterocycles. The van der Waals surface area contributed by atoms with Gasteiger partial charge in [0.1, 0.15) is 0 Å². The van der Waals surface area contributed by atoms with Gasteiger partial charge >= 0.3 is 0 Å². The molecule has 0 atom stereocenters. The first kappa shape index (κ1) is 14.2. The van der Waals surface area contributed by atoms with Crippen LogP contribution in [0.1, 0.15) is 43.5 Å². The highest BCUT2D eigenvalue weighted by atomic mass is 35.5. The molecule has 5 heteroatoms. The molecule has 1 N–H and O–H groups in total. The maximum absolute atomic E-state index is 6.26. The van der Waals surface area contributed by atoms with Gasteiger partial charge < -0.3 is 5.32 Å². The number of halogens is 2. The van der Waals surface area contributed by atoms with Gasteiger partial charge in [0, 0.05) is 25.0 Å². The Kier molecular flexibility index (Phi) is 4.57. The first-order chi connectivity index (χ1) is 8.58. The van der Waals surface area contributed by atoms with Crippen LogP contribution >= 0.6 is 23.2 Å². The molecule has 1 fully saturated rings. The van der Waals surface area contributed by atoms with E-state index in [9.17, 15) is 0 Å². The molecule has 1 aromatic rings. The van der Waals surface area contributed by atoms with Gasteiger partial charge in [0.25, 0.3) is 0 Å². The fraction of sp³-hybridized carbons (Fsp3) is 0.769.